The molecule has 0 unspecified atom stereocenters. The summed E-state index contributed by atoms with van der Waals surface area (Å²) in [4.78, 5) is 12.5. The van der Waals surface area contributed by atoms with E-state index in [4.69, 9.17) is 0 Å². The first kappa shape index (κ1) is 16.0. The first-order valence-electron chi connectivity index (χ1n) is 8.10. The van der Waals surface area contributed by atoms with Crippen molar-refractivity contribution < 1.29 is 9.36 Å². The second kappa shape index (κ2) is 6.71. The van der Waals surface area contributed by atoms with Gasteiger partial charge in [0.2, 0.25) is 6.33 Å². The van der Waals surface area contributed by atoms with E-state index in [0.29, 0.717) is 5.92 Å². The molecule has 0 saturated heterocycles. The van der Waals surface area contributed by atoms with Crippen LogP contribution >= 0.6 is 0 Å². The molecule has 4 nitrogen and oxygen atoms in total. The fourth-order valence-electron chi connectivity index (χ4n) is 2.93. The standard InChI is InChI=1S/C20H21N3O/c1-4-22-14-23(19-12-8-7-11-18(19)22)13-20(24)21-17-10-6-5-9-16(17)15(2)3/h4-12,14-15H,1,13H2,2-3H3/p+1. The van der Waals surface area contributed by atoms with Gasteiger partial charge in [0.1, 0.15) is 0 Å². The number of nitrogens with zero attached hydrogens (tertiary/aromatic N) is 2. The molecule has 2 aromatic carbocycles. The van der Waals surface area contributed by atoms with Crippen molar-refractivity contribution in [2.75, 3.05) is 5.32 Å². The van der Waals surface area contributed by atoms with Gasteiger partial charge in [-0.1, -0.05) is 50.8 Å². The zero-order valence-corrected chi connectivity index (χ0v) is 14.1. The largest absolute Gasteiger partial charge is 0.322 e. The van der Waals surface area contributed by atoms with E-state index in [1.54, 1.807) is 6.20 Å². The fourth-order valence-corrected chi connectivity index (χ4v) is 2.93. The number of anilines is 1. The Kier molecular flexibility index (Phi) is 4.47. The lowest BCUT2D eigenvalue weighted by atomic mass is 10.0. The van der Waals surface area contributed by atoms with E-state index in [1.807, 2.05) is 57.9 Å². The zero-order valence-electron chi connectivity index (χ0n) is 14.1. The molecule has 1 heterocycles. The van der Waals surface area contributed by atoms with Crippen LogP contribution in [-0.2, 0) is 11.3 Å². The maximum Gasteiger partial charge on any atom is 0.266 e. The van der Waals surface area contributed by atoms with Crippen molar-refractivity contribution in [3.63, 3.8) is 0 Å². The van der Waals surface area contributed by atoms with Crippen LogP contribution in [0.1, 0.15) is 25.3 Å². The van der Waals surface area contributed by atoms with Crippen LogP contribution in [0.2, 0.25) is 0 Å². The molecule has 0 spiro atoms. The lowest BCUT2D eigenvalue weighted by Gasteiger charge is -2.13. The molecule has 4 heteroatoms. The van der Waals surface area contributed by atoms with Crippen LogP contribution in [0.15, 0.2) is 61.4 Å². The Labute approximate surface area is 142 Å². The molecule has 1 amide bonds. The Morgan fingerprint density at radius 3 is 2.67 bits per heavy atom. The number of imidazole rings is 1. The third-order valence-electron chi connectivity index (χ3n) is 4.10. The average Bonchev–Trinajstić information content (AvgIpc) is 2.93. The SMILES string of the molecule is C=Cn1c[n+](CC(=O)Nc2ccccc2C(C)C)c2ccccc21. The monoisotopic (exact) mass is 320 g/mol. The maximum atomic E-state index is 12.5. The summed E-state index contributed by atoms with van der Waals surface area (Å²) in [6, 6.07) is 15.9. The molecule has 3 aromatic rings. The molecule has 0 aliphatic heterocycles. The highest BCUT2D eigenvalue weighted by Crippen LogP contribution is 2.23. The van der Waals surface area contributed by atoms with Gasteiger partial charge in [0, 0.05) is 5.69 Å². The smallest absolute Gasteiger partial charge is 0.266 e. The number of fused-ring (bicyclic) bond motifs is 1. The van der Waals surface area contributed by atoms with Crippen molar-refractivity contribution in [2.24, 2.45) is 0 Å². The van der Waals surface area contributed by atoms with Crippen LogP contribution in [0.25, 0.3) is 17.2 Å². The molecule has 0 atom stereocenters. The minimum atomic E-state index is -0.0416. The van der Waals surface area contributed by atoms with Gasteiger partial charge in [0.25, 0.3) is 5.91 Å². The predicted molar refractivity (Wildman–Crippen MR) is 97.7 cm³/mol. The molecule has 0 aliphatic carbocycles. The molecule has 0 bridgehead atoms. The minimum absolute atomic E-state index is 0.0416. The van der Waals surface area contributed by atoms with Crippen molar-refractivity contribution in [1.82, 2.24) is 4.57 Å². The summed E-state index contributed by atoms with van der Waals surface area (Å²) in [5.41, 5.74) is 4.06. The van der Waals surface area contributed by atoms with Crippen LogP contribution in [0.3, 0.4) is 0 Å². The highest BCUT2D eigenvalue weighted by molar-refractivity contribution is 5.91. The summed E-state index contributed by atoms with van der Waals surface area (Å²) in [5.74, 6) is 0.317. The molecule has 122 valence electrons. The fraction of sp³-hybridized carbons (Fsp3) is 0.200. The van der Waals surface area contributed by atoms with Crippen LogP contribution in [0, 0.1) is 0 Å². The van der Waals surface area contributed by atoms with Gasteiger partial charge in [-0.15, -0.1) is 0 Å². The number of carbonyl (C=O) groups excluding carboxylic acids is 1. The molecule has 24 heavy (non-hydrogen) atoms. The molecule has 0 radical (unpaired) electrons. The van der Waals surface area contributed by atoms with Gasteiger partial charge in [-0.2, -0.15) is 0 Å². The van der Waals surface area contributed by atoms with Gasteiger partial charge in [0.05, 0.1) is 6.20 Å². The summed E-state index contributed by atoms with van der Waals surface area (Å²) in [5, 5.41) is 3.04. The van der Waals surface area contributed by atoms with Crippen molar-refractivity contribution >= 4 is 28.8 Å². The number of amides is 1. The van der Waals surface area contributed by atoms with E-state index in [1.165, 1.54) is 0 Å². The topological polar surface area (TPSA) is 37.9 Å². The van der Waals surface area contributed by atoms with Crippen molar-refractivity contribution in [1.29, 1.82) is 0 Å². The number of carbonyl (C=O) groups is 1. The van der Waals surface area contributed by atoms with E-state index in [9.17, 15) is 4.79 Å². The summed E-state index contributed by atoms with van der Waals surface area (Å²) in [6.45, 7) is 8.32. The number of nitrogens with one attached hydrogen (secondary N) is 1. The van der Waals surface area contributed by atoms with Gasteiger partial charge in [-0.05, 0) is 29.7 Å². The summed E-state index contributed by atoms with van der Waals surface area (Å²) in [7, 11) is 0. The Balaban J connectivity index is 1.85. The van der Waals surface area contributed by atoms with E-state index >= 15 is 0 Å². The quantitative estimate of drug-likeness (QED) is 0.714. The second-order valence-electron chi connectivity index (χ2n) is 6.11. The molecule has 3 rings (SSSR count). The summed E-state index contributed by atoms with van der Waals surface area (Å²) in [6.07, 6.45) is 3.64. The summed E-state index contributed by atoms with van der Waals surface area (Å²) < 4.78 is 3.86. The molecule has 1 N–H and O–H groups in total. The Morgan fingerprint density at radius 2 is 1.92 bits per heavy atom. The first-order valence-corrected chi connectivity index (χ1v) is 8.10. The molecular formula is C20H22N3O+. The number of rotatable bonds is 5. The third-order valence-corrected chi connectivity index (χ3v) is 4.10. The van der Waals surface area contributed by atoms with Crippen LogP contribution < -0.4 is 9.88 Å². The van der Waals surface area contributed by atoms with E-state index in [-0.39, 0.29) is 12.5 Å². The number of para-hydroxylation sites is 3. The maximum absolute atomic E-state index is 12.5. The van der Waals surface area contributed by atoms with Crippen molar-refractivity contribution in [2.45, 2.75) is 26.3 Å². The normalized spacial score (nSPS) is 11.0. The molecule has 0 saturated carbocycles. The average molecular weight is 320 g/mol. The minimum Gasteiger partial charge on any atom is -0.322 e. The van der Waals surface area contributed by atoms with Crippen LogP contribution in [0.5, 0.6) is 0 Å². The van der Waals surface area contributed by atoms with E-state index in [2.05, 4.69) is 31.8 Å². The van der Waals surface area contributed by atoms with Crippen LogP contribution in [-0.4, -0.2) is 10.5 Å². The Bertz CT molecular complexity index is 893. The number of hydrogen-bond acceptors (Lipinski definition) is 1. The van der Waals surface area contributed by atoms with E-state index in [0.717, 1.165) is 22.3 Å². The summed E-state index contributed by atoms with van der Waals surface area (Å²) >= 11 is 0. The number of benzene rings is 2. The zero-order chi connectivity index (χ0) is 17.1. The highest BCUT2D eigenvalue weighted by Gasteiger charge is 2.17. The van der Waals surface area contributed by atoms with Gasteiger partial charge in [-0.25, -0.2) is 9.13 Å². The second-order valence-corrected chi connectivity index (χ2v) is 6.11. The molecule has 0 aliphatic rings. The van der Waals surface area contributed by atoms with E-state index < -0.39 is 0 Å². The predicted octanol–water partition coefficient (Wildman–Crippen LogP) is 3.79. The first-order chi connectivity index (χ1) is 11.6. The molecule has 0 fully saturated rings. The van der Waals surface area contributed by atoms with Gasteiger partial charge >= 0.3 is 0 Å². The number of aromatic nitrogens is 2. The molecular weight excluding hydrogens is 298 g/mol. The number of hydrogen-bond donors (Lipinski definition) is 1. The van der Waals surface area contributed by atoms with Crippen molar-refractivity contribution in [3.8, 4) is 0 Å². The molecule has 1 aromatic heterocycles. The lowest BCUT2D eigenvalue weighted by molar-refractivity contribution is -0.658. The Hall–Kier alpha value is -2.88. The lowest BCUT2D eigenvalue weighted by Crippen LogP contribution is -2.39. The highest BCUT2D eigenvalue weighted by atomic mass is 16.1. The van der Waals surface area contributed by atoms with Crippen LogP contribution in [0.4, 0.5) is 5.69 Å². The third kappa shape index (κ3) is 3.08. The Morgan fingerprint density at radius 1 is 1.21 bits per heavy atom. The van der Waals surface area contributed by atoms with Crippen molar-refractivity contribution in [3.05, 3.63) is 67.0 Å². The van der Waals surface area contributed by atoms with Gasteiger partial charge in [-0.3, -0.25) is 4.79 Å². The van der Waals surface area contributed by atoms with Gasteiger partial charge in [0.15, 0.2) is 17.6 Å². The van der Waals surface area contributed by atoms with Gasteiger partial charge < -0.3 is 5.32 Å².